The maximum Gasteiger partial charge on any atom is 0.243 e. The fourth-order valence-electron chi connectivity index (χ4n) is 1.42. The number of hydrogen-bond donors (Lipinski definition) is 2. The number of carbonyl (C=O) groups is 1. The van der Waals surface area contributed by atoms with Crippen LogP contribution in [0.3, 0.4) is 0 Å². The van der Waals surface area contributed by atoms with Gasteiger partial charge in [0.2, 0.25) is 5.91 Å². The third-order valence-corrected chi connectivity index (χ3v) is 2.25. The van der Waals surface area contributed by atoms with Crippen molar-refractivity contribution in [3.63, 3.8) is 0 Å². The number of amides is 1. The quantitative estimate of drug-likeness (QED) is 0.822. The zero-order valence-corrected chi connectivity index (χ0v) is 11.3. The van der Waals surface area contributed by atoms with Gasteiger partial charge in [0.05, 0.1) is 18.4 Å². The third-order valence-electron chi connectivity index (χ3n) is 2.25. The Labute approximate surface area is 111 Å². The van der Waals surface area contributed by atoms with Crippen molar-refractivity contribution in [1.82, 2.24) is 0 Å². The minimum Gasteiger partial charge on any atom is -0.491 e. The van der Waals surface area contributed by atoms with Gasteiger partial charge in [-0.2, -0.15) is 0 Å². The Morgan fingerprint density at radius 1 is 1.47 bits per heavy atom. The number of ether oxygens (including phenoxy) is 2. The second-order valence-corrected chi connectivity index (χ2v) is 4.36. The van der Waals surface area contributed by atoms with E-state index in [-0.39, 0.29) is 18.4 Å². The van der Waals surface area contributed by atoms with E-state index in [0.29, 0.717) is 5.75 Å². The van der Waals surface area contributed by atoms with E-state index >= 15 is 0 Å². The summed E-state index contributed by atoms with van der Waals surface area (Å²) >= 11 is 0. The average Bonchev–Trinajstić information content (AvgIpc) is 2.32. The van der Waals surface area contributed by atoms with Gasteiger partial charge < -0.3 is 20.5 Å². The number of methoxy groups -OCH3 is 1. The minimum absolute atomic E-state index is 0.0463. The third kappa shape index (κ3) is 4.84. The van der Waals surface area contributed by atoms with Crippen LogP contribution in [0.1, 0.15) is 13.8 Å². The van der Waals surface area contributed by atoms with E-state index in [1.807, 2.05) is 13.8 Å². The molecule has 0 bridgehead atoms. The standard InChI is InChI=1S/C13H19FN2O3/c1-8(2)19-9-4-5-12(10(14)6-9)16-13(17)11(15)7-18-3/h4-6,8,11H,7,15H2,1-3H3,(H,16,17). The molecule has 106 valence electrons. The van der Waals surface area contributed by atoms with Crippen LogP contribution in [0.5, 0.6) is 5.75 Å². The second kappa shape index (κ2) is 7.06. The number of carbonyl (C=O) groups excluding carboxylic acids is 1. The lowest BCUT2D eigenvalue weighted by atomic mass is 10.2. The van der Waals surface area contributed by atoms with Crippen molar-refractivity contribution >= 4 is 11.6 Å². The minimum atomic E-state index is -0.837. The molecule has 0 heterocycles. The largest absolute Gasteiger partial charge is 0.491 e. The number of benzene rings is 1. The van der Waals surface area contributed by atoms with Crippen LogP contribution in [0.15, 0.2) is 18.2 Å². The maximum atomic E-state index is 13.7. The first-order valence-electron chi connectivity index (χ1n) is 5.95. The molecule has 0 aromatic heterocycles. The molecule has 0 saturated heterocycles. The molecule has 1 atom stereocenters. The molecule has 0 radical (unpaired) electrons. The fourth-order valence-corrected chi connectivity index (χ4v) is 1.42. The molecule has 3 N–H and O–H groups in total. The highest BCUT2D eigenvalue weighted by molar-refractivity contribution is 5.94. The molecule has 0 fully saturated rings. The van der Waals surface area contributed by atoms with Crippen LogP contribution in [-0.4, -0.2) is 31.8 Å². The van der Waals surface area contributed by atoms with E-state index in [0.717, 1.165) is 0 Å². The van der Waals surface area contributed by atoms with Crippen LogP contribution in [0.25, 0.3) is 0 Å². The van der Waals surface area contributed by atoms with Gasteiger partial charge in [-0.1, -0.05) is 0 Å². The number of rotatable bonds is 6. The molecule has 1 amide bonds. The van der Waals surface area contributed by atoms with Crippen LogP contribution in [0.4, 0.5) is 10.1 Å². The van der Waals surface area contributed by atoms with Crippen molar-refractivity contribution < 1.29 is 18.7 Å². The normalized spacial score (nSPS) is 12.3. The zero-order valence-electron chi connectivity index (χ0n) is 11.3. The topological polar surface area (TPSA) is 73.6 Å². The molecular formula is C13H19FN2O3. The summed E-state index contributed by atoms with van der Waals surface area (Å²) in [4.78, 5) is 11.6. The molecule has 0 aliphatic heterocycles. The summed E-state index contributed by atoms with van der Waals surface area (Å²) in [5, 5.41) is 2.40. The number of nitrogens with two attached hydrogens (primary N) is 1. The second-order valence-electron chi connectivity index (χ2n) is 4.36. The van der Waals surface area contributed by atoms with Gasteiger partial charge in [0.15, 0.2) is 0 Å². The predicted octanol–water partition coefficient (Wildman–Crippen LogP) is 1.53. The van der Waals surface area contributed by atoms with E-state index in [4.69, 9.17) is 15.2 Å². The molecule has 1 unspecified atom stereocenters. The van der Waals surface area contributed by atoms with Crippen molar-refractivity contribution in [3.8, 4) is 5.75 Å². The zero-order chi connectivity index (χ0) is 14.4. The molecular weight excluding hydrogens is 251 g/mol. The summed E-state index contributed by atoms with van der Waals surface area (Å²) in [6, 6.07) is 3.40. The van der Waals surface area contributed by atoms with Gasteiger partial charge in [0.25, 0.3) is 0 Å². The molecule has 1 aromatic rings. The average molecular weight is 270 g/mol. The van der Waals surface area contributed by atoms with E-state index in [1.165, 1.54) is 19.2 Å². The van der Waals surface area contributed by atoms with E-state index < -0.39 is 17.8 Å². The summed E-state index contributed by atoms with van der Waals surface area (Å²) in [5.74, 6) is -0.666. The monoisotopic (exact) mass is 270 g/mol. The van der Waals surface area contributed by atoms with Gasteiger partial charge in [0, 0.05) is 13.2 Å². The van der Waals surface area contributed by atoms with Gasteiger partial charge in [-0.3, -0.25) is 4.79 Å². The number of anilines is 1. The summed E-state index contributed by atoms with van der Waals surface area (Å²) in [5.41, 5.74) is 5.60. The van der Waals surface area contributed by atoms with Gasteiger partial charge in [-0.15, -0.1) is 0 Å². The Morgan fingerprint density at radius 3 is 2.68 bits per heavy atom. The van der Waals surface area contributed by atoms with Crippen molar-refractivity contribution in [1.29, 1.82) is 0 Å². The first-order chi connectivity index (χ1) is 8.93. The Kier molecular flexibility index (Phi) is 5.72. The number of nitrogens with one attached hydrogen (secondary N) is 1. The van der Waals surface area contributed by atoms with Crippen LogP contribution >= 0.6 is 0 Å². The van der Waals surface area contributed by atoms with Gasteiger partial charge in [-0.25, -0.2) is 4.39 Å². The van der Waals surface area contributed by atoms with E-state index in [2.05, 4.69) is 5.32 Å². The van der Waals surface area contributed by atoms with Crippen LogP contribution in [0.2, 0.25) is 0 Å². The summed E-state index contributed by atoms with van der Waals surface area (Å²) in [7, 11) is 1.44. The number of hydrogen-bond acceptors (Lipinski definition) is 4. The van der Waals surface area contributed by atoms with Gasteiger partial charge in [0.1, 0.15) is 17.6 Å². The Bertz CT molecular complexity index is 438. The van der Waals surface area contributed by atoms with Crippen molar-refractivity contribution in [2.24, 2.45) is 5.73 Å². The van der Waals surface area contributed by atoms with Crippen LogP contribution in [-0.2, 0) is 9.53 Å². The molecule has 0 spiro atoms. The first kappa shape index (κ1) is 15.4. The van der Waals surface area contributed by atoms with Gasteiger partial charge in [-0.05, 0) is 26.0 Å². The molecule has 1 aromatic carbocycles. The molecule has 0 saturated carbocycles. The van der Waals surface area contributed by atoms with Crippen molar-refractivity contribution in [2.45, 2.75) is 26.0 Å². The van der Waals surface area contributed by atoms with Crippen molar-refractivity contribution in [2.75, 3.05) is 19.0 Å². The van der Waals surface area contributed by atoms with Crippen LogP contribution in [0, 0.1) is 5.82 Å². The highest BCUT2D eigenvalue weighted by Gasteiger charge is 2.15. The van der Waals surface area contributed by atoms with E-state index in [1.54, 1.807) is 6.07 Å². The lowest BCUT2D eigenvalue weighted by molar-refractivity contribution is -0.118. The maximum absolute atomic E-state index is 13.7. The van der Waals surface area contributed by atoms with Crippen molar-refractivity contribution in [3.05, 3.63) is 24.0 Å². The predicted molar refractivity (Wildman–Crippen MR) is 70.6 cm³/mol. The fraction of sp³-hybridized carbons (Fsp3) is 0.462. The van der Waals surface area contributed by atoms with E-state index in [9.17, 15) is 9.18 Å². The lowest BCUT2D eigenvalue weighted by Crippen LogP contribution is -2.39. The molecule has 1 rings (SSSR count). The Hall–Kier alpha value is -1.66. The Balaban J connectivity index is 2.72. The summed E-state index contributed by atoms with van der Waals surface area (Å²) in [6.07, 6.45) is -0.0463. The Morgan fingerprint density at radius 2 is 2.16 bits per heavy atom. The highest BCUT2D eigenvalue weighted by atomic mass is 19.1. The SMILES string of the molecule is COCC(N)C(=O)Nc1ccc(OC(C)C)cc1F. The summed E-state index contributed by atoms with van der Waals surface area (Å²) in [6.45, 7) is 3.76. The number of halogens is 1. The molecule has 6 heteroatoms. The summed E-state index contributed by atoms with van der Waals surface area (Å²) < 4.78 is 23.8. The first-order valence-corrected chi connectivity index (χ1v) is 5.95. The molecule has 0 aliphatic carbocycles. The molecule has 19 heavy (non-hydrogen) atoms. The highest BCUT2D eigenvalue weighted by Crippen LogP contribution is 2.21. The lowest BCUT2D eigenvalue weighted by Gasteiger charge is -2.13. The van der Waals surface area contributed by atoms with Gasteiger partial charge >= 0.3 is 0 Å². The molecule has 5 nitrogen and oxygen atoms in total. The molecule has 0 aliphatic rings. The smallest absolute Gasteiger partial charge is 0.243 e. The van der Waals surface area contributed by atoms with Crippen LogP contribution < -0.4 is 15.8 Å².